The van der Waals surface area contributed by atoms with Gasteiger partial charge in [-0.15, -0.1) is 0 Å². The Morgan fingerprint density at radius 1 is 1.37 bits per heavy atom. The van der Waals surface area contributed by atoms with Crippen LogP contribution in [0.4, 0.5) is 0 Å². The van der Waals surface area contributed by atoms with Crippen LogP contribution in [0.3, 0.4) is 0 Å². The van der Waals surface area contributed by atoms with Gasteiger partial charge in [-0.1, -0.05) is 39.7 Å². The predicted molar refractivity (Wildman–Crippen MR) is 84.0 cm³/mol. The second-order valence-electron chi connectivity index (χ2n) is 4.92. The highest BCUT2D eigenvalue weighted by atomic mass is 79.9. The Morgan fingerprint density at radius 3 is 2.84 bits per heavy atom. The lowest BCUT2D eigenvalue weighted by Gasteiger charge is -2.13. The third-order valence-electron chi connectivity index (χ3n) is 3.23. The van der Waals surface area contributed by atoms with Crippen LogP contribution >= 0.6 is 27.5 Å². The molecule has 2 rings (SSSR count). The molecule has 1 aromatic carbocycles. The second kappa shape index (κ2) is 7.11. The molecule has 0 aliphatic rings. The molecule has 0 aliphatic carbocycles. The minimum atomic E-state index is 0.624. The monoisotopic (exact) mass is 340 g/mol. The minimum Gasteiger partial charge on any atom is -0.276 e. The highest BCUT2D eigenvalue weighted by molar-refractivity contribution is 9.09. The number of rotatable bonds is 6. The summed E-state index contributed by atoms with van der Waals surface area (Å²) in [7, 11) is 1.96. The fraction of sp³-hybridized carbons (Fsp3) is 0.400. The Balaban J connectivity index is 1.89. The highest BCUT2D eigenvalue weighted by Gasteiger charge is 2.09. The molecule has 1 atom stereocenters. The van der Waals surface area contributed by atoms with E-state index in [9.17, 15) is 0 Å². The van der Waals surface area contributed by atoms with Gasteiger partial charge in [-0.25, -0.2) is 0 Å². The summed E-state index contributed by atoms with van der Waals surface area (Å²) in [5, 5.41) is 6.03. The normalized spacial score (nSPS) is 12.6. The van der Waals surface area contributed by atoms with Crippen LogP contribution < -0.4 is 0 Å². The lowest BCUT2D eigenvalue weighted by Crippen LogP contribution is -2.07. The zero-order chi connectivity index (χ0) is 13.7. The van der Waals surface area contributed by atoms with Gasteiger partial charge in [0.2, 0.25) is 0 Å². The van der Waals surface area contributed by atoms with Gasteiger partial charge in [0.1, 0.15) is 0 Å². The number of nitrogens with zero attached hydrogens (tertiary/aromatic N) is 2. The van der Waals surface area contributed by atoms with Gasteiger partial charge in [-0.05, 0) is 48.4 Å². The molecule has 0 N–H and O–H groups in total. The van der Waals surface area contributed by atoms with E-state index in [0.717, 1.165) is 29.6 Å². The lowest BCUT2D eigenvalue weighted by molar-refractivity contribution is 0.542. The molecule has 102 valence electrons. The van der Waals surface area contributed by atoms with E-state index in [1.807, 2.05) is 30.1 Å². The van der Waals surface area contributed by atoms with Crippen molar-refractivity contribution in [2.75, 3.05) is 5.33 Å². The summed E-state index contributed by atoms with van der Waals surface area (Å²) >= 11 is 9.64. The smallest absolute Gasteiger partial charge is 0.0521 e. The van der Waals surface area contributed by atoms with Gasteiger partial charge in [0.15, 0.2) is 0 Å². The standard InChI is InChI=1S/C15H18BrClN2/c1-19-11-14(10-18-19)6-5-13(9-16)7-12-3-2-4-15(17)8-12/h2-4,8,10-11,13H,5-7,9H2,1H3. The molecular weight excluding hydrogens is 324 g/mol. The average molecular weight is 342 g/mol. The number of aryl methyl sites for hydroxylation is 2. The molecule has 0 aliphatic heterocycles. The quantitative estimate of drug-likeness (QED) is 0.718. The van der Waals surface area contributed by atoms with Crippen molar-refractivity contribution < 1.29 is 0 Å². The van der Waals surface area contributed by atoms with Crippen molar-refractivity contribution >= 4 is 27.5 Å². The van der Waals surface area contributed by atoms with E-state index < -0.39 is 0 Å². The summed E-state index contributed by atoms with van der Waals surface area (Å²) in [5.41, 5.74) is 2.61. The third-order valence-corrected chi connectivity index (χ3v) is 4.38. The zero-order valence-corrected chi connectivity index (χ0v) is 13.4. The van der Waals surface area contributed by atoms with Gasteiger partial charge in [0.25, 0.3) is 0 Å². The van der Waals surface area contributed by atoms with Crippen LogP contribution in [0.1, 0.15) is 17.5 Å². The maximum atomic E-state index is 6.02. The first-order valence-electron chi connectivity index (χ1n) is 6.45. The van der Waals surface area contributed by atoms with Crippen LogP contribution in [0.25, 0.3) is 0 Å². The van der Waals surface area contributed by atoms with Crippen molar-refractivity contribution in [3.63, 3.8) is 0 Å². The summed E-state index contributed by atoms with van der Waals surface area (Å²) in [6.45, 7) is 0. The molecule has 0 radical (unpaired) electrons. The molecule has 1 heterocycles. The largest absolute Gasteiger partial charge is 0.276 e. The highest BCUT2D eigenvalue weighted by Crippen LogP contribution is 2.19. The molecule has 2 aromatic rings. The van der Waals surface area contributed by atoms with Gasteiger partial charge in [-0.2, -0.15) is 5.10 Å². The van der Waals surface area contributed by atoms with Crippen LogP contribution in [0.5, 0.6) is 0 Å². The van der Waals surface area contributed by atoms with Crippen molar-refractivity contribution in [1.29, 1.82) is 0 Å². The van der Waals surface area contributed by atoms with Crippen LogP contribution in [0, 0.1) is 5.92 Å². The number of alkyl halides is 1. The number of aromatic nitrogens is 2. The lowest BCUT2D eigenvalue weighted by atomic mass is 9.95. The Kier molecular flexibility index (Phi) is 5.46. The summed E-state index contributed by atoms with van der Waals surface area (Å²) in [6.07, 6.45) is 7.33. The van der Waals surface area contributed by atoms with E-state index in [-0.39, 0.29) is 0 Å². The number of halogens is 2. The SMILES string of the molecule is Cn1cc(CCC(CBr)Cc2cccc(Cl)c2)cn1. The molecule has 19 heavy (non-hydrogen) atoms. The first kappa shape index (κ1) is 14.6. The Hall–Kier alpha value is -0.800. The maximum Gasteiger partial charge on any atom is 0.0521 e. The molecule has 1 unspecified atom stereocenters. The van der Waals surface area contributed by atoms with Crippen LogP contribution in [-0.2, 0) is 19.9 Å². The number of hydrogen-bond donors (Lipinski definition) is 0. The van der Waals surface area contributed by atoms with Crippen LogP contribution in [0.15, 0.2) is 36.7 Å². The fourth-order valence-electron chi connectivity index (χ4n) is 2.20. The van der Waals surface area contributed by atoms with Gasteiger partial charge in [0.05, 0.1) is 6.20 Å². The number of benzene rings is 1. The van der Waals surface area contributed by atoms with Crippen LogP contribution in [0.2, 0.25) is 5.02 Å². The molecule has 0 amide bonds. The summed E-state index contributed by atoms with van der Waals surface area (Å²) in [6, 6.07) is 8.14. The van der Waals surface area contributed by atoms with Gasteiger partial charge in [-0.3, -0.25) is 4.68 Å². The molecule has 0 fully saturated rings. The third kappa shape index (κ3) is 4.66. The van der Waals surface area contributed by atoms with Crippen molar-refractivity contribution in [1.82, 2.24) is 9.78 Å². The van der Waals surface area contributed by atoms with Gasteiger partial charge >= 0.3 is 0 Å². The minimum absolute atomic E-state index is 0.624. The number of hydrogen-bond acceptors (Lipinski definition) is 1. The molecule has 2 nitrogen and oxygen atoms in total. The molecule has 4 heteroatoms. The molecule has 1 aromatic heterocycles. The summed E-state index contributed by atoms with van der Waals surface area (Å²) in [4.78, 5) is 0. The Morgan fingerprint density at radius 2 is 2.21 bits per heavy atom. The zero-order valence-electron chi connectivity index (χ0n) is 11.0. The maximum absolute atomic E-state index is 6.02. The first-order valence-corrected chi connectivity index (χ1v) is 7.95. The fourth-order valence-corrected chi connectivity index (χ4v) is 2.97. The summed E-state index contributed by atoms with van der Waals surface area (Å²) in [5.74, 6) is 0.624. The second-order valence-corrected chi connectivity index (χ2v) is 6.00. The van der Waals surface area contributed by atoms with Crippen molar-refractivity contribution in [2.45, 2.75) is 19.3 Å². The predicted octanol–water partition coefficient (Wildman–Crippen LogP) is 4.26. The topological polar surface area (TPSA) is 17.8 Å². The van der Waals surface area contributed by atoms with E-state index in [2.05, 4.69) is 39.4 Å². The first-order chi connectivity index (χ1) is 9.17. The van der Waals surface area contributed by atoms with E-state index in [0.29, 0.717) is 5.92 Å². The van der Waals surface area contributed by atoms with Crippen molar-refractivity contribution in [2.24, 2.45) is 13.0 Å². The van der Waals surface area contributed by atoms with Gasteiger partial charge < -0.3 is 0 Å². The molecule has 0 bridgehead atoms. The molecular formula is C15H18BrClN2. The summed E-state index contributed by atoms with van der Waals surface area (Å²) < 4.78 is 1.86. The van der Waals surface area contributed by atoms with E-state index in [1.54, 1.807) is 0 Å². The van der Waals surface area contributed by atoms with Crippen molar-refractivity contribution in [3.05, 3.63) is 52.8 Å². The van der Waals surface area contributed by atoms with E-state index in [4.69, 9.17) is 11.6 Å². The Labute approximate surface area is 127 Å². The van der Waals surface area contributed by atoms with Crippen molar-refractivity contribution in [3.8, 4) is 0 Å². The van der Waals surface area contributed by atoms with E-state index >= 15 is 0 Å². The average Bonchev–Trinajstić information content (AvgIpc) is 2.80. The van der Waals surface area contributed by atoms with E-state index in [1.165, 1.54) is 11.1 Å². The molecule has 0 spiro atoms. The molecule has 0 saturated carbocycles. The van der Waals surface area contributed by atoms with Crippen LogP contribution in [-0.4, -0.2) is 15.1 Å². The molecule has 0 saturated heterocycles. The Bertz CT molecular complexity index is 524. The van der Waals surface area contributed by atoms with Gasteiger partial charge in [0, 0.05) is 23.6 Å².